The Morgan fingerprint density at radius 3 is 2.24 bits per heavy atom. The highest BCUT2D eigenvalue weighted by atomic mass is 79.9. The molecule has 0 bridgehead atoms. The molecule has 0 aliphatic heterocycles. The van der Waals surface area contributed by atoms with E-state index in [1.54, 1.807) is 0 Å². The lowest BCUT2D eigenvalue weighted by atomic mass is 9.80. The summed E-state index contributed by atoms with van der Waals surface area (Å²) in [5.74, 6) is 4.24. The first-order valence-electron chi connectivity index (χ1n) is 8.54. The van der Waals surface area contributed by atoms with Gasteiger partial charge in [0.05, 0.1) is 10.2 Å². The van der Waals surface area contributed by atoms with Crippen LogP contribution in [0.3, 0.4) is 0 Å². The minimum Gasteiger partial charge on any atom is -0.369 e. The monoisotopic (exact) mass is 351 g/mol. The Hall–Kier alpha value is -0.640. The van der Waals surface area contributed by atoms with Gasteiger partial charge >= 0.3 is 0 Å². The fourth-order valence-electron chi connectivity index (χ4n) is 3.41. The van der Waals surface area contributed by atoms with Crippen LogP contribution in [0.1, 0.15) is 82.1 Å². The number of aromatic nitrogens is 2. The Kier molecular flexibility index (Phi) is 4.82. The van der Waals surface area contributed by atoms with Crippen molar-refractivity contribution in [2.24, 2.45) is 5.92 Å². The average Bonchev–Trinajstić information content (AvgIpc) is 3.34. The first-order chi connectivity index (χ1) is 10.2. The van der Waals surface area contributed by atoms with Gasteiger partial charge in [0.1, 0.15) is 11.6 Å². The predicted molar refractivity (Wildman–Crippen MR) is 90.9 cm³/mol. The SMILES string of the molecule is CCNc1nc(C2CCC(CC)CC2)nc(C2CC2)c1Br. The molecule has 0 atom stereocenters. The van der Waals surface area contributed by atoms with Crippen molar-refractivity contribution in [3.05, 3.63) is 16.0 Å². The van der Waals surface area contributed by atoms with Crippen molar-refractivity contribution in [1.29, 1.82) is 0 Å². The van der Waals surface area contributed by atoms with Gasteiger partial charge in [-0.15, -0.1) is 0 Å². The van der Waals surface area contributed by atoms with Crippen LogP contribution in [-0.2, 0) is 0 Å². The number of halogens is 1. The number of nitrogens with zero attached hydrogens (tertiary/aromatic N) is 2. The van der Waals surface area contributed by atoms with Gasteiger partial charge in [-0.05, 0) is 67.3 Å². The van der Waals surface area contributed by atoms with Crippen molar-refractivity contribution in [1.82, 2.24) is 9.97 Å². The topological polar surface area (TPSA) is 37.8 Å². The van der Waals surface area contributed by atoms with E-state index in [1.807, 2.05) is 0 Å². The molecule has 0 amide bonds. The second-order valence-electron chi connectivity index (χ2n) is 6.56. The molecule has 2 fully saturated rings. The number of hydrogen-bond acceptors (Lipinski definition) is 3. The maximum Gasteiger partial charge on any atom is 0.144 e. The third-order valence-electron chi connectivity index (χ3n) is 4.99. The van der Waals surface area contributed by atoms with Gasteiger partial charge in [0.25, 0.3) is 0 Å². The highest BCUT2D eigenvalue weighted by Crippen LogP contribution is 2.45. The minimum absolute atomic E-state index is 0.566. The molecule has 3 rings (SSSR count). The highest BCUT2D eigenvalue weighted by molar-refractivity contribution is 9.10. The molecule has 0 unspecified atom stereocenters. The van der Waals surface area contributed by atoms with Gasteiger partial charge in [-0.3, -0.25) is 0 Å². The Morgan fingerprint density at radius 1 is 1.00 bits per heavy atom. The lowest BCUT2D eigenvalue weighted by Crippen LogP contribution is -2.17. The second-order valence-corrected chi connectivity index (χ2v) is 7.35. The number of anilines is 1. The summed E-state index contributed by atoms with van der Waals surface area (Å²) >= 11 is 3.71. The molecular formula is C17H26BrN3. The van der Waals surface area contributed by atoms with Crippen LogP contribution < -0.4 is 5.32 Å². The van der Waals surface area contributed by atoms with Gasteiger partial charge in [-0.2, -0.15) is 0 Å². The van der Waals surface area contributed by atoms with E-state index >= 15 is 0 Å². The summed E-state index contributed by atoms with van der Waals surface area (Å²) in [6.07, 6.45) is 9.09. The first kappa shape index (κ1) is 15.3. The van der Waals surface area contributed by atoms with Gasteiger partial charge in [0.15, 0.2) is 0 Å². The Bertz CT molecular complexity index is 491. The van der Waals surface area contributed by atoms with Crippen molar-refractivity contribution in [2.45, 2.75) is 70.6 Å². The fraction of sp³-hybridized carbons (Fsp3) is 0.765. The Balaban J connectivity index is 1.84. The summed E-state index contributed by atoms with van der Waals surface area (Å²) in [7, 11) is 0. The van der Waals surface area contributed by atoms with Crippen LogP contribution in [0.5, 0.6) is 0 Å². The summed E-state index contributed by atoms with van der Waals surface area (Å²) in [5, 5.41) is 3.40. The maximum atomic E-state index is 4.95. The molecule has 116 valence electrons. The summed E-state index contributed by atoms with van der Waals surface area (Å²) in [6.45, 7) is 5.34. The molecule has 21 heavy (non-hydrogen) atoms. The zero-order valence-electron chi connectivity index (χ0n) is 13.2. The number of nitrogens with one attached hydrogen (secondary N) is 1. The second kappa shape index (κ2) is 6.64. The molecule has 2 aliphatic carbocycles. The standard InChI is InChI=1S/C17H26BrN3/c1-3-11-5-7-13(8-6-11)16-20-15(12-9-10-12)14(18)17(21-16)19-4-2/h11-13H,3-10H2,1-2H3,(H,19,20,21). The summed E-state index contributed by atoms with van der Waals surface area (Å²) in [6, 6.07) is 0. The van der Waals surface area contributed by atoms with Crippen molar-refractivity contribution in [3.8, 4) is 0 Å². The van der Waals surface area contributed by atoms with Gasteiger partial charge in [-0.1, -0.05) is 13.3 Å². The van der Waals surface area contributed by atoms with Crippen molar-refractivity contribution in [2.75, 3.05) is 11.9 Å². The lowest BCUT2D eigenvalue weighted by Gasteiger charge is -2.27. The molecule has 2 aliphatic rings. The molecule has 1 aromatic rings. The zero-order valence-corrected chi connectivity index (χ0v) is 14.7. The van der Waals surface area contributed by atoms with Gasteiger partial charge in [0, 0.05) is 18.4 Å². The molecule has 0 spiro atoms. The van der Waals surface area contributed by atoms with E-state index in [4.69, 9.17) is 9.97 Å². The number of rotatable bonds is 5. The van der Waals surface area contributed by atoms with E-state index in [0.717, 1.165) is 28.6 Å². The van der Waals surface area contributed by atoms with Crippen LogP contribution in [0, 0.1) is 5.92 Å². The van der Waals surface area contributed by atoms with Crippen LogP contribution in [0.4, 0.5) is 5.82 Å². The smallest absolute Gasteiger partial charge is 0.144 e. The summed E-state index contributed by atoms with van der Waals surface area (Å²) in [5.41, 5.74) is 1.24. The van der Waals surface area contributed by atoms with E-state index in [9.17, 15) is 0 Å². The van der Waals surface area contributed by atoms with Gasteiger partial charge in [0.2, 0.25) is 0 Å². The minimum atomic E-state index is 0.566. The molecule has 1 aromatic heterocycles. The third kappa shape index (κ3) is 3.41. The van der Waals surface area contributed by atoms with Crippen molar-refractivity contribution >= 4 is 21.7 Å². The normalized spacial score (nSPS) is 25.9. The van der Waals surface area contributed by atoms with Crippen LogP contribution in [-0.4, -0.2) is 16.5 Å². The lowest BCUT2D eigenvalue weighted by molar-refractivity contribution is 0.312. The largest absolute Gasteiger partial charge is 0.369 e. The molecule has 2 saturated carbocycles. The van der Waals surface area contributed by atoms with E-state index in [1.165, 1.54) is 50.6 Å². The predicted octanol–water partition coefficient (Wildman–Crippen LogP) is 5.23. The molecule has 1 N–H and O–H groups in total. The molecule has 1 heterocycles. The average molecular weight is 352 g/mol. The van der Waals surface area contributed by atoms with Crippen LogP contribution in [0.2, 0.25) is 0 Å². The molecule has 0 radical (unpaired) electrons. The van der Waals surface area contributed by atoms with Gasteiger partial charge in [-0.25, -0.2) is 9.97 Å². The number of hydrogen-bond donors (Lipinski definition) is 1. The van der Waals surface area contributed by atoms with E-state index in [0.29, 0.717) is 11.8 Å². The molecule has 3 nitrogen and oxygen atoms in total. The fourth-order valence-corrected chi connectivity index (χ4v) is 4.05. The zero-order chi connectivity index (χ0) is 14.8. The summed E-state index contributed by atoms with van der Waals surface area (Å²) in [4.78, 5) is 9.79. The quantitative estimate of drug-likeness (QED) is 0.788. The highest BCUT2D eigenvalue weighted by Gasteiger charge is 2.31. The van der Waals surface area contributed by atoms with Crippen LogP contribution in [0.15, 0.2) is 4.47 Å². The molecule has 0 saturated heterocycles. The third-order valence-corrected chi connectivity index (χ3v) is 5.77. The Morgan fingerprint density at radius 2 is 1.67 bits per heavy atom. The van der Waals surface area contributed by atoms with E-state index < -0.39 is 0 Å². The van der Waals surface area contributed by atoms with E-state index in [2.05, 4.69) is 35.1 Å². The van der Waals surface area contributed by atoms with E-state index in [-0.39, 0.29) is 0 Å². The van der Waals surface area contributed by atoms with Gasteiger partial charge < -0.3 is 5.32 Å². The molecule has 0 aromatic carbocycles. The molecule has 4 heteroatoms. The Labute approximate surface area is 136 Å². The van der Waals surface area contributed by atoms with Crippen LogP contribution >= 0.6 is 15.9 Å². The first-order valence-corrected chi connectivity index (χ1v) is 9.33. The van der Waals surface area contributed by atoms with Crippen molar-refractivity contribution < 1.29 is 0 Å². The maximum absolute atomic E-state index is 4.95. The van der Waals surface area contributed by atoms with Crippen LogP contribution in [0.25, 0.3) is 0 Å². The summed E-state index contributed by atoms with van der Waals surface area (Å²) < 4.78 is 1.10. The molecular weight excluding hydrogens is 326 g/mol. The van der Waals surface area contributed by atoms with Crippen molar-refractivity contribution in [3.63, 3.8) is 0 Å².